The Balaban J connectivity index is 1.35. The maximum atomic E-state index is 5.30. The molecule has 51 heavy (non-hydrogen) atoms. The molecule has 0 aromatic heterocycles. The van der Waals surface area contributed by atoms with Crippen molar-refractivity contribution in [2.24, 2.45) is 15.9 Å². The Labute approximate surface area is 306 Å². The van der Waals surface area contributed by atoms with Gasteiger partial charge in [-0.2, -0.15) is 0 Å². The van der Waals surface area contributed by atoms with Crippen LogP contribution < -0.4 is 0 Å². The highest BCUT2D eigenvalue weighted by molar-refractivity contribution is 8.04. The largest absolute Gasteiger partial charge is 0.279 e. The second-order valence-electron chi connectivity index (χ2n) is 12.7. The van der Waals surface area contributed by atoms with E-state index in [1.54, 1.807) is 11.8 Å². The Morgan fingerprint density at radius 1 is 0.765 bits per heavy atom. The van der Waals surface area contributed by atoms with E-state index >= 15 is 0 Å². The zero-order valence-electron chi connectivity index (χ0n) is 28.9. The van der Waals surface area contributed by atoms with Crippen LogP contribution in [0.2, 0.25) is 0 Å². The second kappa shape index (κ2) is 15.8. The summed E-state index contributed by atoms with van der Waals surface area (Å²) in [6, 6.07) is 44.6. The summed E-state index contributed by atoms with van der Waals surface area (Å²) in [5.74, 6) is 0.296. The molecule has 0 amide bonds. The Morgan fingerprint density at radius 3 is 2.31 bits per heavy atom. The number of hydrogen-bond acceptors (Lipinski definition) is 3. The van der Waals surface area contributed by atoms with Crippen molar-refractivity contribution in [2.45, 2.75) is 24.8 Å². The number of para-hydroxylation sites is 1. The van der Waals surface area contributed by atoms with E-state index in [0.29, 0.717) is 12.5 Å². The van der Waals surface area contributed by atoms with Crippen LogP contribution in [0.3, 0.4) is 0 Å². The van der Waals surface area contributed by atoms with Crippen molar-refractivity contribution in [3.63, 3.8) is 0 Å². The number of aliphatic imine (C=N–C) groups is 2. The van der Waals surface area contributed by atoms with Gasteiger partial charge in [0, 0.05) is 21.3 Å². The number of rotatable bonds is 9. The van der Waals surface area contributed by atoms with E-state index in [2.05, 4.69) is 159 Å². The topological polar surface area (TPSA) is 24.7 Å². The predicted octanol–water partition coefficient (Wildman–Crippen LogP) is 13.0. The van der Waals surface area contributed by atoms with Crippen LogP contribution in [-0.2, 0) is 6.54 Å². The standard InChI is InChI=1S/C48H40N2S/c1-34-17-7-4-10-20-39-28-27-38-21-13-14-24-43(38)45(39)32-44(34)42-30-36(29-41(31-42)37-18-8-5-9-19-37)33-50-48(40-22-11-6-12-23-40)35(2)51-47-26-16-15-25-46(47)49-3/h4-19,21-32,39H,2-3,20,33H2,1H3/b10-4+,17-7-,44-34-,45-32+,50-48?. The smallest absolute Gasteiger partial charge is 0.0784 e. The molecule has 7 rings (SSSR count). The third kappa shape index (κ3) is 7.85. The van der Waals surface area contributed by atoms with Gasteiger partial charge in [-0.05, 0) is 107 Å². The molecule has 1 atom stereocenters. The van der Waals surface area contributed by atoms with Crippen LogP contribution in [0.25, 0.3) is 28.3 Å². The molecule has 2 aliphatic carbocycles. The van der Waals surface area contributed by atoms with Crippen molar-refractivity contribution in [1.82, 2.24) is 0 Å². The van der Waals surface area contributed by atoms with Crippen LogP contribution in [0.1, 0.15) is 41.2 Å². The quantitative estimate of drug-likeness (QED) is 0.113. The molecule has 0 heterocycles. The lowest BCUT2D eigenvalue weighted by atomic mass is 9.80. The van der Waals surface area contributed by atoms with Gasteiger partial charge in [-0.3, -0.25) is 9.98 Å². The van der Waals surface area contributed by atoms with Gasteiger partial charge in [0.1, 0.15) is 0 Å². The molecule has 0 aliphatic heterocycles. The van der Waals surface area contributed by atoms with Gasteiger partial charge < -0.3 is 0 Å². The van der Waals surface area contributed by atoms with Crippen LogP contribution in [-0.4, -0.2) is 12.4 Å². The third-order valence-corrected chi connectivity index (χ3v) is 10.3. The molecule has 0 spiro atoms. The van der Waals surface area contributed by atoms with E-state index in [1.165, 1.54) is 44.5 Å². The van der Waals surface area contributed by atoms with Crippen LogP contribution in [0, 0.1) is 5.92 Å². The molecule has 0 N–H and O–H groups in total. The molecular formula is C48H40N2S. The number of hydrogen-bond donors (Lipinski definition) is 0. The molecule has 2 nitrogen and oxygen atoms in total. The summed E-state index contributed by atoms with van der Waals surface area (Å²) in [5, 5.41) is 0. The molecule has 5 aromatic carbocycles. The Morgan fingerprint density at radius 2 is 1.49 bits per heavy atom. The number of allylic oxidation sites excluding steroid dienone is 10. The molecule has 248 valence electrons. The maximum Gasteiger partial charge on any atom is 0.0784 e. The van der Waals surface area contributed by atoms with Gasteiger partial charge in [-0.15, -0.1) is 0 Å². The molecule has 2 aliphatic rings. The van der Waals surface area contributed by atoms with Crippen LogP contribution in [0.5, 0.6) is 0 Å². The van der Waals surface area contributed by atoms with E-state index in [4.69, 9.17) is 4.99 Å². The zero-order valence-corrected chi connectivity index (χ0v) is 29.7. The minimum atomic E-state index is 0.296. The van der Waals surface area contributed by atoms with Crippen molar-refractivity contribution in [2.75, 3.05) is 0 Å². The summed E-state index contributed by atoms with van der Waals surface area (Å²) in [5.41, 5.74) is 13.7. The average Bonchev–Trinajstić information content (AvgIpc) is 3.18. The van der Waals surface area contributed by atoms with E-state index in [9.17, 15) is 0 Å². The van der Waals surface area contributed by atoms with Crippen molar-refractivity contribution in [3.8, 4) is 11.1 Å². The fourth-order valence-corrected chi connectivity index (χ4v) is 7.62. The first-order valence-corrected chi connectivity index (χ1v) is 18.1. The predicted molar refractivity (Wildman–Crippen MR) is 222 cm³/mol. The number of fused-ring (bicyclic) bond motifs is 3. The third-order valence-electron chi connectivity index (χ3n) is 9.30. The number of thioether (sulfide) groups is 1. The summed E-state index contributed by atoms with van der Waals surface area (Å²) in [4.78, 5) is 11.4. The first-order valence-electron chi connectivity index (χ1n) is 17.3. The SMILES string of the molecule is C=Nc1ccccc1SC(=C)C(=NCc1cc(C2=C(C)\C=C/C=C/CC3C=Cc4ccccc4\C3=C\2)cc(-c2ccccc2)c1)c1ccccc1. The lowest BCUT2D eigenvalue weighted by Crippen LogP contribution is -2.07. The minimum Gasteiger partial charge on any atom is -0.279 e. The fraction of sp³-hybridized carbons (Fsp3) is 0.0833. The van der Waals surface area contributed by atoms with Gasteiger partial charge in [-0.1, -0.05) is 152 Å². The Kier molecular flexibility index (Phi) is 10.5. The summed E-state index contributed by atoms with van der Waals surface area (Å²) >= 11 is 1.58. The van der Waals surface area contributed by atoms with E-state index < -0.39 is 0 Å². The summed E-state index contributed by atoms with van der Waals surface area (Å²) in [7, 11) is 0. The molecular weight excluding hydrogens is 637 g/mol. The Bertz CT molecular complexity index is 2270. The van der Waals surface area contributed by atoms with Crippen LogP contribution in [0.4, 0.5) is 5.69 Å². The lowest BCUT2D eigenvalue weighted by Gasteiger charge is -2.24. The van der Waals surface area contributed by atoms with Gasteiger partial charge in [0.2, 0.25) is 0 Å². The van der Waals surface area contributed by atoms with Gasteiger partial charge >= 0.3 is 0 Å². The van der Waals surface area contributed by atoms with E-state index in [1.807, 2.05) is 36.4 Å². The van der Waals surface area contributed by atoms with Crippen LogP contribution >= 0.6 is 11.8 Å². The molecule has 1 unspecified atom stereocenters. The lowest BCUT2D eigenvalue weighted by molar-refractivity contribution is 0.851. The van der Waals surface area contributed by atoms with Crippen LogP contribution in [0.15, 0.2) is 196 Å². The van der Waals surface area contributed by atoms with Gasteiger partial charge in [0.25, 0.3) is 0 Å². The molecule has 0 fully saturated rings. The number of benzene rings is 5. The molecule has 3 heteroatoms. The van der Waals surface area contributed by atoms with E-state index in [0.717, 1.165) is 38.7 Å². The van der Waals surface area contributed by atoms with Gasteiger partial charge in [0.05, 0.1) is 17.9 Å². The first-order chi connectivity index (χ1) is 25.1. The summed E-state index contributed by atoms with van der Waals surface area (Å²) in [6.07, 6.45) is 16.9. The molecule has 0 radical (unpaired) electrons. The highest BCUT2D eigenvalue weighted by atomic mass is 32.2. The Hall–Kier alpha value is -5.77. The van der Waals surface area contributed by atoms with Gasteiger partial charge in [-0.25, -0.2) is 0 Å². The van der Waals surface area contributed by atoms with Crippen molar-refractivity contribution in [1.29, 1.82) is 0 Å². The number of nitrogens with zero attached hydrogens (tertiary/aromatic N) is 2. The second-order valence-corrected chi connectivity index (χ2v) is 13.9. The first kappa shape index (κ1) is 33.7. The monoisotopic (exact) mass is 676 g/mol. The summed E-state index contributed by atoms with van der Waals surface area (Å²) < 4.78 is 0. The molecule has 0 saturated carbocycles. The normalized spacial score (nSPS) is 19.2. The average molecular weight is 677 g/mol. The highest BCUT2D eigenvalue weighted by Crippen LogP contribution is 2.40. The molecule has 0 bridgehead atoms. The highest BCUT2D eigenvalue weighted by Gasteiger charge is 2.21. The van der Waals surface area contributed by atoms with Crippen molar-refractivity contribution < 1.29 is 0 Å². The minimum absolute atomic E-state index is 0.296. The fourth-order valence-electron chi connectivity index (χ4n) is 6.69. The molecule has 0 saturated heterocycles. The van der Waals surface area contributed by atoms with Gasteiger partial charge in [0.15, 0.2) is 0 Å². The molecule has 5 aromatic rings. The van der Waals surface area contributed by atoms with Crippen molar-refractivity contribution >= 4 is 47.1 Å². The maximum absolute atomic E-state index is 5.30. The van der Waals surface area contributed by atoms with Crippen molar-refractivity contribution in [3.05, 3.63) is 209 Å². The zero-order chi connectivity index (χ0) is 35.0. The summed E-state index contributed by atoms with van der Waals surface area (Å²) in [6.45, 7) is 11.0. The van der Waals surface area contributed by atoms with E-state index in [-0.39, 0.29) is 0 Å².